The van der Waals surface area contributed by atoms with E-state index in [0.29, 0.717) is 32.2 Å². The monoisotopic (exact) mass is 443 g/mol. The molecule has 1 N–H and O–H groups in total. The lowest BCUT2D eigenvalue weighted by Gasteiger charge is -2.40. The number of ether oxygens (including phenoxy) is 2. The lowest BCUT2D eigenvalue weighted by atomic mass is 9.95. The van der Waals surface area contributed by atoms with E-state index in [1.807, 2.05) is 35.2 Å². The van der Waals surface area contributed by atoms with Gasteiger partial charge in [0.1, 0.15) is 6.61 Å². The van der Waals surface area contributed by atoms with E-state index in [2.05, 4.69) is 10.2 Å². The molecule has 2 amide bonds. The first-order chi connectivity index (χ1) is 15.7. The standard InChI is InChI=1S/C25H37N3O4/c29-23(19-31-18-20-7-2-1-3-8-20)27-12-14-28(15-13-27)24(21-9-4-5-10-21)25(30)26-17-22-11-6-16-32-22/h1-3,7-8,21-22,24H,4-6,9-19H2,(H,26,30)/t22-,24-/m1/s1. The summed E-state index contributed by atoms with van der Waals surface area (Å²) >= 11 is 0. The summed E-state index contributed by atoms with van der Waals surface area (Å²) in [5, 5.41) is 3.17. The first kappa shape index (κ1) is 23.2. The fourth-order valence-corrected chi connectivity index (χ4v) is 5.25. The lowest BCUT2D eigenvalue weighted by molar-refractivity contribution is -0.140. The van der Waals surface area contributed by atoms with Gasteiger partial charge in [0, 0.05) is 39.3 Å². The SMILES string of the molecule is O=C(NC[C@H]1CCCO1)[C@@H](C1CCCC1)N1CCN(C(=O)COCc2ccccc2)CC1. The molecular formula is C25H37N3O4. The maximum Gasteiger partial charge on any atom is 0.248 e. The number of piperazine rings is 1. The lowest BCUT2D eigenvalue weighted by Crippen LogP contribution is -2.58. The van der Waals surface area contributed by atoms with Crippen LogP contribution in [0.1, 0.15) is 44.1 Å². The molecule has 1 saturated carbocycles. The maximum absolute atomic E-state index is 13.2. The van der Waals surface area contributed by atoms with Crippen LogP contribution in [0.15, 0.2) is 30.3 Å². The Morgan fingerprint density at radius 1 is 1.03 bits per heavy atom. The highest BCUT2D eigenvalue weighted by molar-refractivity contribution is 5.82. The van der Waals surface area contributed by atoms with E-state index in [1.165, 1.54) is 12.8 Å². The van der Waals surface area contributed by atoms with Gasteiger partial charge in [-0.05, 0) is 37.2 Å². The number of rotatable bonds is 9. The summed E-state index contributed by atoms with van der Waals surface area (Å²) in [6.07, 6.45) is 6.91. The average molecular weight is 444 g/mol. The Hall–Kier alpha value is -1.96. The molecule has 7 nitrogen and oxygen atoms in total. The van der Waals surface area contributed by atoms with Gasteiger partial charge in [-0.3, -0.25) is 14.5 Å². The fourth-order valence-electron chi connectivity index (χ4n) is 5.25. The zero-order valence-electron chi connectivity index (χ0n) is 19.0. The summed E-state index contributed by atoms with van der Waals surface area (Å²) in [6, 6.07) is 9.81. The number of carbonyl (C=O) groups is 2. The van der Waals surface area contributed by atoms with E-state index >= 15 is 0 Å². The number of nitrogens with one attached hydrogen (secondary N) is 1. The van der Waals surface area contributed by atoms with Crippen molar-refractivity contribution in [1.82, 2.24) is 15.1 Å². The molecule has 0 bridgehead atoms. The normalized spacial score (nSPS) is 23.4. The highest BCUT2D eigenvalue weighted by atomic mass is 16.5. The number of amides is 2. The summed E-state index contributed by atoms with van der Waals surface area (Å²) in [4.78, 5) is 29.9. The number of benzene rings is 1. The van der Waals surface area contributed by atoms with E-state index in [0.717, 1.165) is 50.9 Å². The largest absolute Gasteiger partial charge is 0.376 e. The zero-order chi connectivity index (χ0) is 22.2. The Bertz CT molecular complexity index is 724. The molecule has 0 radical (unpaired) electrons. The van der Waals surface area contributed by atoms with Crippen LogP contribution in [-0.2, 0) is 25.7 Å². The van der Waals surface area contributed by atoms with Crippen LogP contribution in [0.3, 0.4) is 0 Å². The zero-order valence-corrected chi connectivity index (χ0v) is 19.0. The molecular weight excluding hydrogens is 406 g/mol. The van der Waals surface area contributed by atoms with Crippen LogP contribution in [0, 0.1) is 5.92 Å². The van der Waals surface area contributed by atoms with Gasteiger partial charge in [-0.1, -0.05) is 43.2 Å². The summed E-state index contributed by atoms with van der Waals surface area (Å²) in [5.41, 5.74) is 1.07. The van der Waals surface area contributed by atoms with Gasteiger partial charge in [-0.25, -0.2) is 0 Å². The van der Waals surface area contributed by atoms with E-state index in [4.69, 9.17) is 9.47 Å². The predicted octanol–water partition coefficient (Wildman–Crippen LogP) is 2.20. The Labute approximate surface area is 191 Å². The van der Waals surface area contributed by atoms with Crippen LogP contribution in [0.4, 0.5) is 0 Å². The van der Waals surface area contributed by atoms with E-state index in [9.17, 15) is 9.59 Å². The molecule has 0 aromatic heterocycles. The van der Waals surface area contributed by atoms with Gasteiger partial charge in [0.25, 0.3) is 0 Å². The van der Waals surface area contributed by atoms with Gasteiger partial charge in [-0.15, -0.1) is 0 Å². The second kappa shape index (κ2) is 11.8. The highest BCUT2D eigenvalue weighted by Gasteiger charge is 2.37. The van der Waals surface area contributed by atoms with Crippen LogP contribution < -0.4 is 5.32 Å². The van der Waals surface area contributed by atoms with Crippen LogP contribution in [0.5, 0.6) is 0 Å². The van der Waals surface area contributed by atoms with Crippen molar-refractivity contribution in [3.8, 4) is 0 Å². The van der Waals surface area contributed by atoms with Crippen LogP contribution >= 0.6 is 0 Å². The van der Waals surface area contributed by atoms with Crippen molar-refractivity contribution < 1.29 is 19.1 Å². The van der Waals surface area contributed by atoms with Crippen LogP contribution in [-0.4, -0.2) is 79.7 Å². The van der Waals surface area contributed by atoms with Gasteiger partial charge in [0.2, 0.25) is 11.8 Å². The molecule has 32 heavy (non-hydrogen) atoms. The van der Waals surface area contributed by atoms with Gasteiger partial charge < -0.3 is 19.7 Å². The summed E-state index contributed by atoms with van der Waals surface area (Å²) < 4.78 is 11.3. The molecule has 3 aliphatic rings. The average Bonchev–Trinajstić information content (AvgIpc) is 3.54. The summed E-state index contributed by atoms with van der Waals surface area (Å²) in [5.74, 6) is 0.579. The Balaban J connectivity index is 1.24. The molecule has 3 fully saturated rings. The van der Waals surface area contributed by atoms with Crippen molar-refractivity contribution in [2.75, 3.05) is 45.9 Å². The summed E-state index contributed by atoms with van der Waals surface area (Å²) in [7, 11) is 0. The molecule has 7 heteroatoms. The second-order valence-electron chi connectivity index (χ2n) is 9.26. The molecule has 176 valence electrons. The van der Waals surface area contributed by atoms with Crippen LogP contribution in [0.2, 0.25) is 0 Å². The van der Waals surface area contributed by atoms with Gasteiger partial charge in [0.05, 0.1) is 18.8 Å². The molecule has 2 saturated heterocycles. The van der Waals surface area contributed by atoms with Crippen molar-refractivity contribution in [3.05, 3.63) is 35.9 Å². The van der Waals surface area contributed by atoms with Crippen molar-refractivity contribution in [3.63, 3.8) is 0 Å². The Kier molecular flexibility index (Phi) is 8.54. The topological polar surface area (TPSA) is 71.1 Å². The van der Waals surface area contributed by atoms with Gasteiger partial charge in [-0.2, -0.15) is 0 Å². The van der Waals surface area contributed by atoms with E-state index in [1.54, 1.807) is 0 Å². The summed E-state index contributed by atoms with van der Waals surface area (Å²) in [6.45, 7) is 4.73. The molecule has 1 aromatic carbocycles. The fraction of sp³-hybridized carbons (Fsp3) is 0.680. The van der Waals surface area contributed by atoms with Crippen LogP contribution in [0.25, 0.3) is 0 Å². The first-order valence-electron chi connectivity index (χ1n) is 12.2. The van der Waals surface area contributed by atoms with Gasteiger partial charge in [0.15, 0.2) is 0 Å². The first-order valence-corrected chi connectivity index (χ1v) is 12.2. The van der Waals surface area contributed by atoms with E-state index < -0.39 is 0 Å². The Morgan fingerprint density at radius 2 is 1.78 bits per heavy atom. The Morgan fingerprint density at radius 3 is 2.47 bits per heavy atom. The third kappa shape index (κ3) is 6.30. The number of nitrogens with zero attached hydrogens (tertiary/aromatic N) is 2. The molecule has 4 rings (SSSR count). The molecule has 2 heterocycles. The van der Waals surface area contributed by atoms with Crippen molar-refractivity contribution in [1.29, 1.82) is 0 Å². The molecule has 1 aliphatic carbocycles. The third-order valence-corrected chi connectivity index (χ3v) is 7.04. The van der Waals surface area contributed by atoms with Gasteiger partial charge >= 0.3 is 0 Å². The molecule has 2 aliphatic heterocycles. The predicted molar refractivity (Wildman–Crippen MR) is 122 cm³/mol. The number of carbonyl (C=O) groups excluding carboxylic acids is 2. The number of hydrogen-bond acceptors (Lipinski definition) is 5. The third-order valence-electron chi connectivity index (χ3n) is 7.04. The number of hydrogen-bond donors (Lipinski definition) is 1. The highest BCUT2D eigenvalue weighted by Crippen LogP contribution is 2.31. The quantitative estimate of drug-likeness (QED) is 0.634. The molecule has 0 spiro atoms. The van der Waals surface area contributed by atoms with E-state index in [-0.39, 0.29) is 30.6 Å². The minimum absolute atomic E-state index is 0.0285. The second-order valence-corrected chi connectivity index (χ2v) is 9.26. The molecule has 1 aromatic rings. The molecule has 0 unspecified atom stereocenters. The maximum atomic E-state index is 13.2. The minimum atomic E-state index is -0.0921. The van der Waals surface area contributed by atoms with Crippen molar-refractivity contribution in [2.45, 2.75) is 57.3 Å². The van der Waals surface area contributed by atoms with Crippen molar-refractivity contribution >= 4 is 11.8 Å². The minimum Gasteiger partial charge on any atom is -0.376 e. The molecule has 2 atom stereocenters. The smallest absolute Gasteiger partial charge is 0.248 e. The van der Waals surface area contributed by atoms with Crippen molar-refractivity contribution in [2.24, 2.45) is 5.92 Å².